The van der Waals surface area contributed by atoms with Crippen molar-refractivity contribution < 1.29 is 4.79 Å². The van der Waals surface area contributed by atoms with E-state index in [0.29, 0.717) is 12.1 Å². The number of hydrogen-bond acceptors (Lipinski definition) is 3. The van der Waals surface area contributed by atoms with Gasteiger partial charge in [0.05, 0.1) is 0 Å². The fraction of sp³-hybridized carbons (Fsp3) is 0.286. The summed E-state index contributed by atoms with van der Waals surface area (Å²) in [5, 5.41) is 9.61. The Morgan fingerprint density at radius 2 is 2.00 bits per heavy atom. The van der Waals surface area contributed by atoms with Gasteiger partial charge in [-0.25, -0.2) is 0 Å². The van der Waals surface area contributed by atoms with Crippen molar-refractivity contribution in [3.63, 3.8) is 0 Å². The SMILES string of the molecule is CN(C)c1ccc(C(=O)NCCc2ccn[nH]2)cc1. The molecule has 0 radical (unpaired) electrons. The first-order valence-corrected chi connectivity index (χ1v) is 6.20. The number of carbonyl (C=O) groups excluding carboxylic acids is 1. The fourth-order valence-electron chi connectivity index (χ4n) is 1.75. The van der Waals surface area contributed by atoms with E-state index in [1.54, 1.807) is 6.20 Å². The Bertz CT molecular complexity index is 517. The van der Waals surface area contributed by atoms with Gasteiger partial charge in [0.25, 0.3) is 5.91 Å². The molecule has 5 nitrogen and oxygen atoms in total. The predicted molar refractivity (Wildman–Crippen MR) is 75.4 cm³/mol. The lowest BCUT2D eigenvalue weighted by molar-refractivity contribution is 0.0954. The minimum atomic E-state index is -0.0511. The number of amides is 1. The van der Waals surface area contributed by atoms with Gasteiger partial charge in [-0.15, -0.1) is 0 Å². The number of rotatable bonds is 5. The van der Waals surface area contributed by atoms with E-state index in [2.05, 4.69) is 15.5 Å². The molecule has 19 heavy (non-hydrogen) atoms. The van der Waals surface area contributed by atoms with Crippen molar-refractivity contribution in [1.82, 2.24) is 15.5 Å². The molecule has 0 bridgehead atoms. The second kappa shape index (κ2) is 6.04. The molecule has 1 aromatic carbocycles. The van der Waals surface area contributed by atoms with Crippen molar-refractivity contribution in [1.29, 1.82) is 0 Å². The minimum absolute atomic E-state index is 0.0511. The number of benzene rings is 1. The number of H-pyrrole nitrogens is 1. The van der Waals surface area contributed by atoms with Crippen LogP contribution in [0.3, 0.4) is 0 Å². The van der Waals surface area contributed by atoms with Gasteiger partial charge in [-0.2, -0.15) is 5.10 Å². The van der Waals surface area contributed by atoms with Crippen LogP contribution in [0.25, 0.3) is 0 Å². The molecule has 0 fully saturated rings. The molecule has 0 atom stereocenters. The molecule has 0 unspecified atom stereocenters. The molecule has 2 rings (SSSR count). The summed E-state index contributed by atoms with van der Waals surface area (Å²) in [6.07, 6.45) is 2.46. The van der Waals surface area contributed by atoms with Gasteiger partial charge in [-0.3, -0.25) is 9.89 Å². The Morgan fingerprint density at radius 3 is 2.58 bits per heavy atom. The Morgan fingerprint density at radius 1 is 1.26 bits per heavy atom. The maximum absolute atomic E-state index is 11.9. The third-order valence-corrected chi connectivity index (χ3v) is 2.88. The summed E-state index contributed by atoms with van der Waals surface area (Å²) < 4.78 is 0. The lowest BCUT2D eigenvalue weighted by atomic mass is 10.2. The van der Waals surface area contributed by atoms with E-state index in [4.69, 9.17) is 0 Å². The number of aromatic amines is 1. The van der Waals surface area contributed by atoms with Crippen molar-refractivity contribution in [2.75, 3.05) is 25.5 Å². The Balaban J connectivity index is 1.85. The quantitative estimate of drug-likeness (QED) is 0.853. The fourth-order valence-corrected chi connectivity index (χ4v) is 1.75. The number of aromatic nitrogens is 2. The van der Waals surface area contributed by atoms with E-state index in [9.17, 15) is 4.79 Å². The van der Waals surface area contributed by atoms with E-state index in [1.165, 1.54) is 0 Å². The highest BCUT2D eigenvalue weighted by atomic mass is 16.1. The molecule has 100 valence electrons. The summed E-state index contributed by atoms with van der Waals surface area (Å²) in [7, 11) is 3.94. The van der Waals surface area contributed by atoms with E-state index in [1.807, 2.05) is 49.3 Å². The average Bonchev–Trinajstić information content (AvgIpc) is 2.92. The first-order valence-electron chi connectivity index (χ1n) is 6.20. The van der Waals surface area contributed by atoms with Crippen LogP contribution in [0.2, 0.25) is 0 Å². The zero-order valence-electron chi connectivity index (χ0n) is 11.2. The van der Waals surface area contributed by atoms with Crippen molar-refractivity contribution >= 4 is 11.6 Å². The number of nitrogens with one attached hydrogen (secondary N) is 2. The lowest BCUT2D eigenvalue weighted by Gasteiger charge is -2.12. The third kappa shape index (κ3) is 3.58. The van der Waals surface area contributed by atoms with Gasteiger partial charge in [0, 0.05) is 50.2 Å². The third-order valence-electron chi connectivity index (χ3n) is 2.88. The van der Waals surface area contributed by atoms with Crippen molar-refractivity contribution in [3.8, 4) is 0 Å². The van der Waals surface area contributed by atoms with E-state index in [0.717, 1.165) is 17.8 Å². The molecular weight excluding hydrogens is 240 g/mol. The molecule has 1 amide bonds. The van der Waals surface area contributed by atoms with Crippen LogP contribution in [0.4, 0.5) is 5.69 Å². The second-order valence-corrected chi connectivity index (χ2v) is 4.53. The Labute approximate surface area is 112 Å². The van der Waals surface area contributed by atoms with Gasteiger partial charge in [0.1, 0.15) is 0 Å². The standard InChI is InChI=1S/C14H18N4O/c1-18(2)13-5-3-11(4-6-13)14(19)15-9-7-12-8-10-16-17-12/h3-6,8,10H,7,9H2,1-2H3,(H,15,19)(H,16,17). The van der Waals surface area contributed by atoms with Crippen LogP contribution < -0.4 is 10.2 Å². The highest BCUT2D eigenvalue weighted by molar-refractivity contribution is 5.94. The molecule has 5 heteroatoms. The molecule has 2 aromatic rings. The van der Waals surface area contributed by atoms with Crippen LogP contribution >= 0.6 is 0 Å². The Kier molecular flexibility index (Phi) is 4.18. The van der Waals surface area contributed by atoms with Crippen LogP contribution in [0.5, 0.6) is 0 Å². The van der Waals surface area contributed by atoms with Crippen molar-refractivity contribution in [2.45, 2.75) is 6.42 Å². The molecular formula is C14H18N4O. The second-order valence-electron chi connectivity index (χ2n) is 4.53. The van der Waals surface area contributed by atoms with Gasteiger partial charge in [0.15, 0.2) is 0 Å². The topological polar surface area (TPSA) is 61.0 Å². The van der Waals surface area contributed by atoms with Crippen LogP contribution in [-0.4, -0.2) is 36.7 Å². The lowest BCUT2D eigenvalue weighted by Crippen LogP contribution is -2.25. The highest BCUT2D eigenvalue weighted by Gasteiger charge is 2.05. The molecule has 0 aliphatic carbocycles. The van der Waals surface area contributed by atoms with Crippen LogP contribution in [0, 0.1) is 0 Å². The maximum atomic E-state index is 11.9. The average molecular weight is 258 g/mol. The van der Waals surface area contributed by atoms with E-state index in [-0.39, 0.29) is 5.91 Å². The van der Waals surface area contributed by atoms with Gasteiger partial charge in [-0.1, -0.05) is 0 Å². The molecule has 1 aromatic heterocycles. The van der Waals surface area contributed by atoms with Crippen LogP contribution in [0.15, 0.2) is 36.5 Å². The van der Waals surface area contributed by atoms with Gasteiger partial charge in [0.2, 0.25) is 0 Å². The van der Waals surface area contributed by atoms with Crippen LogP contribution in [-0.2, 0) is 6.42 Å². The minimum Gasteiger partial charge on any atom is -0.378 e. The van der Waals surface area contributed by atoms with Crippen LogP contribution in [0.1, 0.15) is 16.1 Å². The summed E-state index contributed by atoms with van der Waals surface area (Å²) in [5.74, 6) is -0.0511. The summed E-state index contributed by atoms with van der Waals surface area (Å²) >= 11 is 0. The zero-order chi connectivity index (χ0) is 13.7. The molecule has 1 heterocycles. The summed E-state index contributed by atoms with van der Waals surface area (Å²) in [4.78, 5) is 13.9. The number of hydrogen-bond donors (Lipinski definition) is 2. The number of nitrogens with zero attached hydrogens (tertiary/aromatic N) is 2. The molecule has 2 N–H and O–H groups in total. The molecule has 0 saturated carbocycles. The predicted octanol–water partition coefficient (Wildman–Crippen LogP) is 1.45. The largest absolute Gasteiger partial charge is 0.378 e. The van der Waals surface area contributed by atoms with Gasteiger partial charge in [-0.05, 0) is 30.3 Å². The monoisotopic (exact) mass is 258 g/mol. The maximum Gasteiger partial charge on any atom is 0.251 e. The first kappa shape index (κ1) is 13.1. The van der Waals surface area contributed by atoms with Gasteiger partial charge >= 0.3 is 0 Å². The molecule has 0 aliphatic heterocycles. The Hall–Kier alpha value is -2.30. The summed E-state index contributed by atoms with van der Waals surface area (Å²) in [6, 6.07) is 9.44. The first-order chi connectivity index (χ1) is 9.16. The van der Waals surface area contributed by atoms with Crippen molar-refractivity contribution in [3.05, 3.63) is 47.8 Å². The molecule has 0 saturated heterocycles. The van der Waals surface area contributed by atoms with Crippen molar-refractivity contribution in [2.24, 2.45) is 0 Å². The normalized spacial score (nSPS) is 10.2. The molecule has 0 aliphatic rings. The molecule has 0 spiro atoms. The van der Waals surface area contributed by atoms with Gasteiger partial charge < -0.3 is 10.2 Å². The summed E-state index contributed by atoms with van der Waals surface area (Å²) in [5.41, 5.74) is 2.77. The number of anilines is 1. The smallest absolute Gasteiger partial charge is 0.251 e. The highest BCUT2D eigenvalue weighted by Crippen LogP contribution is 2.11. The summed E-state index contributed by atoms with van der Waals surface area (Å²) in [6.45, 7) is 0.594. The van der Waals surface area contributed by atoms with E-state index >= 15 is 0 Å². The number of carbonyl (C=O) groups is 1. The zero-order valence-corrected chi connectivity index (χ0v) is 11.2. The van der Waals surface area contributed by atoms with E-state index < -0.39 is 0 Å².